The van der Waals surface area contributed by atoms with Crippen LogP contribution < -0.4 is 10.9 Å². The van der Waals surface area contributed by atoms with Crippen molar-refractivity contribution in [2.45, 2.75) is 41.5 Å². The highest BCUT2D eigenvalue weighted by molar-refractivity contribution is 6.51. The summed E-state index contributed by atoms with van der Waals surface area (Å²) in [6.45, 7) is 12.4. The van der Waals surface area contributed by atoms with Gasteiger partial charge < -0.3 is 0 Å². The molecular weight excluding hydrogens is 334 g/mol. The molecule has 0 spiro atoms. The molecule has 0 saturated heterocycles. The first-order valence-corrected chi connectivity index (χ1v) is 10.2. The minimum Gasteiger partial charge on any atom is -0.0895 e. The van der Waals surface area contributed by atoms with Crippen LogP contribution in [-0.2, 0) is 0 Å². The predicted octanol–water partition coefficient (Wildman–Crippen LogP) is 5.99. The van der Waals surface area contributed by atoms with E-state index < -0.39 is 0 Å². The molecule has 0 aliphatic heterocycles. The number of hydrogen-bond donors (Lipinski definition) is 0. The van der Waals surface area contributed by atoms with Gasteiger partial charge in [0.2, 0.25) is 0 Å². The summed E-state index contributed by atoms with van der Waals surface area (Å²) < 4.78 is 0. The molecule has 0 unspecified atom stereocenters. The van der Waals surface area contributed by atoms with Gasteiger partial charge in [-0.15, -0.1) is 0 Å². The average molecular weight is 360 g/mol. The van der Waals surface area contributed by atoms with Crippen LogP contribution in [0.15, 0.2) is 48.5 Å². The van der Waals surface area contributed by atoms with Crippen LogP contribution in [0, 0.1) is 13.8 Å². The molecule has 2 heteroatoms. The molecule has 0 nitrogen and oxygen atoms in total. The van der Waals surface area contributed by atoms with E-state index in [0.29, 0.717) is 0 Å². The van der Waals surface area contributed by atoms with Crippen LogP contribution in [0.25, 0.3) is 43.1 Å². The number of hydrogen-bond acceptors (Lipinski definition) is 0. The van der Waals surface area contributed by atoms with Crippen molar-refractivity contribution in [1.29, 1.82) is 0 Å². The van der Waals surface area contributed by atoms with Crippen LogP contribution in [0.5, 0.6) is 0 Å². The maximum Gasteiger partial charge on any atom is 0.114 e. The van der Waals surface area contributed by atoms with Crippen LogP contribution in [-0.4, -0.2) is 15.7 Å². The van der Waals surface area contributed by atoms with Gasteiger partial charge in [-0.2, -0.15) is 0 Å². The highest BCUT2D eigenvalue weighted by Crippen LogP contribution is 2.40. The first-order chi connectivity index (χ1) is 13.6. The van der Waals surface area contributed by atoms with Gasteiger partial charge >= 0.3 is 0 Å². The van der Waals surface area contributed by atoms with Crippen LogP contribution in [0.1, 0.15) is 38.8 Å². The summed E-state index contributed by atoms with van der Waals surface area (Å²) in [6.07, 6.45) is 0. The number of aryl methyl sites for hydroxylation is 2. The van der Waals surface area contributed by atoms with E-state index in [2.05, 4.69) is 50.2 Å². The van der Waals surface area contributed by atoms with Crippen molar-refractivity contribution in [3.05, 3.63) is 59.7 Å². The Morgan fingerprint density at radius 2 is 0.750 bits per heavy atom. The first-order valence-electron chi connectivity index (χ1n) is 10.2. The van der Waals surface area contributed by atoms with Gasteiger partial charge in [0, 0.05) is 0 Å². The normalized spacial score (nSPS) is 10.8. The van der Waals surface area contributed by atoms with Crippen molar-refractivity contribution >= 4 is 69.7 Å². The van der Waals surface area contributed by atoms with Gasteiger partial charge in [0.05, 0.1) is 0 Å². The van der Waals surface area contributed by atoms with Crippen molar-refractivity contribution in [3.63, 3.8) is 0 Å². The molecule has 28 heavy (non-hydrogen) atoms. The molecule has 0 atom stereocenters. The second-order valence-corrected chi connectivity index (χ2v) is 6.76. The minimum absolute atomic E-state index is 0.743. The zero-order valence-electron chi connectivity index (χ0n) is 17.8. The van der Waals surface area contributed by atoms with Crippen LogP contribution in [0.3, 0.4) is 0 Å². The second-order valence-electron chi connectivity index (χ2n) is 6.76. The van der Waals surface area contributed by atoms with E-state index in [1.165, 1.54) is 48.8 Å². The van der Waals surface area contributed by atoms with Gasteiger partial charge in [0.15, 0.2) is 0 Å². The summed E-state index contributed by atoms with van der Waals surface area (Å²) in [4.78, 5) is 0. The van der Waals surface area contributed by atoms with E-state index in [4.69, 9.17) is 15.7 Å². The fourth-order valence-corrected chi connectivity index (χ4v) is 4.32. The molecule has 5 rings (SSSR count). The average Bonchev–Trinajstić information content (AvgIpc) is 2.73. The SMILES string of the molecule is CC.CC.[B]c1ccc2c3ccc(C)c4c(C)ccc(c5ccc([B])c1c25)c43. The summed E-state index contributed by atoms with van der Waals surface area (Å²) in [5.41, 5.74) is 4.12. The van der Waals surface area contributed by atoms with Gasteiger partial charge in [-0.3, -0.25) is 0 Å². The van der Waals surface area contributed by atoms with Gasteiger partial charge in [0.1, 0.15) is 15.7 Å². The molecule has 0 aliphatic rings. The van der Waals surface area contributed by atoms with Gasteiger partial charge in [-0.25, -0.2) is 0 Å². The van der Waals surface area contributed by atoms with E-state index in [9.17, 15) is 0 Å². The summed E-state index contributed by atoms with van der Waals surface area (Å²) >= 11 is 0. The highest BCUT2D eigenvalue weighted by Gasteiger charge is 2.16. The lowest BCUT2D eigenvalue weighted by Gasteiger charge is -2.19. The Morgan fingerprint density at radius 3 is 1.14 bits per heavy atom. The van der Waals surface area contributed by atoms with Crippen molar-refractivity contribution in [2.75, 3.05) is 0 Å². The van der Waals surface area contributed by atoms with Crippen molar-refractivity contribution < 1.29 is 0 Å². The number of rotatable bonds is 0. The van der Waals surface area contributed by atoms with Crippen molar-refractivity contribution in [2.24, 2.45) is 0 Å². The molecular formula is C26H26B2. The maximum atomic E-state index is 6.26. The molecule has 5 aromatic rings. The van der Waals surface area contributed by atoms with E-state index in [0.717, 1.165) is 16.3 Å². The zero-order valence-corrected chi connectivity index (χ0v) is 17.8. The summed E-state index contributed by atoms with van der Waals surface area (Å²) in [5.74, 6) is 0. The summed E-state index contributed by atoms with van der Waals surface area (Å²) in [7, 11) is 12.5. The fraction of sp³-hybridized carbons (Fsp3) is 0.231. The van der Waals surface area contributed by atoms with Gasteiger partial charge in [0.25, 0.3) is 0 Å². The molecule has 0 bridgehead atoms. The van der Waals surface area contributed by atoms with E-state index in [-0.39, 0.29) is 0 Å². The smallest absolute Gasteiger partial charge is 0.0895 e. The molecule has 0 amide bonds. The molecule has 0 aromatic heterocycles. The monoisotopic (exact) mass is 360 g/mol. The number of benzene rings is 5. The van der Waals surface area contributed by atoms with E-state index >= 15 is 0 Å². The standard InChI is InChI=1S/C22H14B2.2C2H6/c1-11-3-5-13-15-7-9-17(23)22-18(24)10-8-16(21(15)22)14-6-4-12(2)19(11)20(13)14;2*1-2/h3-10H,1-2H3;2*1-2H3. The quantitative estimate of drug-likeness (QED) is 0.181. The Balaban J connectivity index is 0.000000531. The van der Waals surface area contributed by atoms with Crippen molar-refractivity contribution in [3.8, 4) is 0 Å². The maximum absolute atomic E-state index is 6.26. The molecule has 0 heterocycles. The largest absolute Gasteiger partial charge is 0.114 e. The Morgan fingerprint density at radius 1 is 0.429 bits per heavy atom. The molecule has 0 saturated carbocycles. The lowest BCUT2D eigenvalue weighted by Crippen LogP contribution is -2.15. The molecule has 0 aliphatic carbocycles. The second kappa shape index (κ2) is 7.87. The van der Waals surface area contributed by atoms with Crippen LogP contribution >= 0.6 is 0 Å². The Bertz CT molecular complexity index is 1090. The third-order valence-electron chi connectivity index (χ3n) is 5.38. The topological polar surface area (TPSA) is 0 Å². The Kier molecular flexibility index (Phi) is 5.70. The fourth-order valence-electron chi connectivity index (χ4n) is 4.32. The van der Waals surface area contributed by atoms with Gasteiger partial charge in [-0.05, 0) is 68.1 Å². The van der Waals surface area contributed by atoms with Crippen LogP contribution in [0.2, 0.25) is 0 Å². The molecule has 0 fully saturated rings. The van der Waals surface area contributed by atoms with Crippen molar-refractivity contribution in [1.82, 2.24) is 0 Å². The molecule has 136 valence electrons. The van der Waals surface area contributed by atoms with Crippen LogP contribution in [0.4, 0.5) is 0 Å². The molecule has 0 N–H and O–H groups in total. The zero-order chi connectivity index (χ0) is 20.6. The predicted molar refractivity (Wildman–Crippen MR) is 131 cm³/mol. The lowest BCUT2D eigenvalue weighted by molar-refractivity contribution is 1.48. The number of fused-ring (bicyclic) bond motifs is 2. The molecule has 5 aromatic carbocycles. The Labute approximate surface area is 171 Å². The highest BCUT2D eigenvalue weighted by atomic mass is 14.2. The third-order valence-corrected chi connectivity index (χ3v) is 5.38. The van der Waals surface area contributed by atoms with E-state index in [1.807, 2.05) is 39.8 Å². The minimum atomic E-state index is 0.743. The Hall–Kier alpha value is -2.47. The third kappa shape index (κ3) is 2.78. The summed E-state index contributed by atoms with van der Waals surface area (Å²) in [6, 6.07) is 17.1. The lowest BCUT2D eigenvalue weighted by atomic mass is 9.77. The molecule has 4 radical (unpaired) electrons. The first kappa shape index (κ1) is 20.3. The van der Waals surface area contributed by atoms with Gasteiger partial charge in [-0.1, -0.05) is 87.2 Å². The van der Waals surface area contributed by atoms with E-state index in [1.54, 1.807) is 0 Å². The summed E-state index contributed by atoms with van der Waals surface area (Å²) in [5, 5.41) is 9.86.